The van der Waals surface area contributed by atoms with Crippen molar-refractivity contribution in [1.82, 2.24) is 0 Å². The molecule has 0 aliphatic heterocycles. The molecule has 0 rings (SSSR count). The lowest BCUT2D eigenvalue weighted by Gasteiger charge is -2.21. The first-order chi connectivity index (χ1) is 48.7. The lowest BCUT2D eigenvalue weighted by molar-refractivity contribution is -0.161. The molecule has 0 aromatic carbocycles. The summed E-state index contributed by atoms with van der Waals surface area (Å²) in [5.41, 5.74) is 0. The topological polar surface area (TPSA) is 237 Å². The van der Waals surface area contributed by atoms with Gasteiger partial charge in [-0.15, -0.1) is 0 Å². The van der Waals surface area contributed by atoms with E-state index in [9.17, 15) is 43.2 Å². The second kappa shape index (κ2) is 73.5. The average molecular weight is 1450 g/mol. The van der Waals surface area contributed by atoms with Crippen LogP contribution in [0.4, 0.5) is 0 Å². The number of ether oxygens (including phenoxy) is 4. The van der Waals surface area contributed by atoms with Crippen molar-refractivity contribution in [3.63, 3.8) is 0 Å². The van der Waals surface area contributed by atoms with Crippen LogP contribution in [0.25, 0.3) is 0 Å². The van der Waals surface area contributed by atoms with Crippen molar-refractivity contribution in [3.8, 4) is 0 Å². The van der Waals surface area contributed by atoms with Crippen LogP contribution in [0.1, 0.15) is 349 Å². The zero-order valence-corrected chi connectivity index (χ0v) is 65.2. The van der Waals surface area contributed by atoms with E-state index in [4.69, 9.17) is 37.0 Å². The van der Waals surface area contributed by atoms with Crippen molar-refractivity contribution in [2.75, 3.05) is 39.6 Å². The van der Waals surface area contributed by atoms with Crippen molar-refractivity contribution in [3.05, 3.63) is 85.1 Å². The average Bonchev–Trinajstić information content (AvgIpc) is 0.946. The maximum atomic E-state index is 13.1. The summed E-state index contributed by atoms with van der Waals surface area (Å²) >= 11 is 0. The van der Waals surface area contributed by atoms with Crippen LogP contribution in [-0.4, -0.2) is 96.7 Å². The molecule has 3 N–H and O–H groups in total. The highest BCUT2D eigenvalue weighted by Crippen LogP contribution is 2.45. The van der Waals surface area contributed by atoms with E-state index < -0.39 is 97.5 Å². The minimum Gasteiger partial charge on any atom is -0.462 e. The van der Waals surface area contributed by atoms with Crippen LogP contribution in [-0.2, 0) is 65.4 Å². The van der Waals surface area contributed by atoms with E-state index in [0.29, 0.717) is 25.7 Å². The Kier molecular flexibility index (Phi) is 70.8. The predicted octanol–water partition coefficient (Wildman–Crippen LogP) is 23.0. The molecule has 0 aromatic heterocycles. The fourth-order valence-corrected chi connectivity index (χ4v) is 12.3. The molecule has 580 valence electrons. The number of hydrogen-bond donors (Lipinski definition) is 3. The van der Waals surface area contributed by atoms with E-state index >= 15 is 0 Å². The summed E-state index contributed by atoms with van der Waals surface area (Å²) < 4.78 is 68.6. The van der Waals surface area contributed by atoms with Crippen LogP contribution in [0.3, 0.4) is 0 Å². The smallest absolute Gasteiger partial charge is 0.462 e. The highest BCUT2D eigenvalue weighted by molar-refractivity contribution is 7.47. The van der Waals surface area contributed by atoms with Crippen LogP contribution in [0.15, 0.2) is 85.1 Å². The van der Waals surface area contributed by atoms with Crippen LogP contribution in [0.5, 0.6) is 0 Å². The Morgan fingerprint density at radius 1 is 0.280 bits per heavy atom. The third kappa shape index (κ3) is 72.6. The number of allylic oxidation sites excluding steroid dienone is 14. The van der Waals surface area contributed by atoms with Gasteiger partial charge in [-0.1, -0.05) is 293 Å². The number of carbonyl (C=O) groups excluding carboxylic acids is 4. The Balaban J connectivity index is 5.34. The maximum Gasteiger partial charge on any atom is 0.472 e. The molecule has 0 amide bonds. The van der Waals surface area contributed by atoms with Gasteiger partial charge in [0, 0.05) is 25.7 Å². The van der Waals surface area contributed by atoms with Crippen LogP contribution in [0, 0.1) is 0 Å². The van der Waals surface area contributed by atoms with Gasteiger partial charge in [-0.3, -0.25) is 37.3 Å². The molecule has 0 heterocycles. The number of esters is 4. The maximum absolute atomic E-state index is 13.1. The molecule has 0 aromatic rings. The molecule has 0 radical (unpaired) electrons. The number of aliphatic hydroxyl groups is 1. The second-order valence-corrected chi connectivity index (χ2v) is 29.6. The molecule has 0 saturated heterocycles. The first kappa shape index (κ1) is 96.2. The Morgan fingerprint density at radius 2 is 0.510 bits per heavy atom. The fourth-order valence-electron chi connectivity index (χ4n) is 10.7. The number of hydrogen-bond acceptors (Lipinski definition) is 15. The fraction of sp³-hybridized carbons (Fsp3) is 0.778. The zero-order valence-electron chi connectivity index (χ0n) is 63.4. The molecule has 100 heavy (non-hydrogen) atoms. The lowest BCUT2D eigenvalue weighted by atomic mass is 10.0. The zero-order chi connectivity index (χ0) is 73.2. The molecule has 0 saturated carbocycles. The van der Waals surface area contributed by atoms with Gasteiger partial charge in [-0.2, -0.15) is 0 Å². The first-order valence-corrected chi connectivity index (χ1v) is 42.8. The Bertz CT molecular complexity index is 2230. The minimum atomic E-state index is -4.98. The van der Waals surface area contributed by atoms with E-state index in [1.54, 1.807) is 0 Å². The van der Waals surface area contributed by atoms with E-state index in [-0.39, 0.29) is 25.7 Å². The number of rotatable bonds is 75. The second-order valence-electron chi connectivity index (χ2n) is 26.7. The summed E-state index contributed by atoms with van der Waals surface area (Å²) in [5.74, 6) is -2.20. The van der Waals surface area contributed by atoms with Gasteiger partial charge in [0.1, 0.15) is 19.3 Å². The van der Waals surface area contributed by atoms with Gasteiger partial charge in [-0.05, 0) is 116 Å². The third-order valence-electron chi connectivity index (χ3n) is 16.8. The van der Waals surface area contributed by atoms with Gasteiger partial charge >= 0.3 is 39.5 Å². The summed E-state index contributed by atoms with van der Waals surface area (Å²) in [6, 6.07) is 0. The monoisotopic (exact) mass is 1450 g/mol. The van der Waals surface area contributed by atoms with Crippen molar-refractivity contribution < 1.29 is 80.2 Å². The number of unbranched alkanes of at least 4 members (excludes halogenated alkanes) is 35. The normalized spacial score (nSPS) is 14.3. The molecule has 17 nitrogen and oxygen atoms in total. The Labute approximate surface area is 608 Å². The molecule has 5 unspecified atom stereocenters. The SMILES string of the molecule is CCC/C=C\C/C=C\CCCCCCCC(=O)OCC(COP(=O)(O)OCC(O)COP(=O)(O)OCC(COC(=O)CCCCCCCC/C=C\C/C=C\C/C=C\CCCCC)OC(=O)CCCCCCCCCCCCCCCCC)OC(=O)CCCCCCC/C=C\C/C=C\CCC. The molecular weight excluding hydrogens is 1310 g/mol. The van der Waals surface area contributed by atoms with E-state index in [1.165, 1.54) is 83.5 Å². The molecule has 0 fully saturated rings. The predicted molar refractivity (Wildman–Crippen MR) is 409 cm³/mol. The lowest BCUT2D eigenvalue weighted by Crippen LogP contribution is -2.30. The summed E-state index contributed by atoms with van der Waals surface area (Å²) in [4.78, 5) is 72.9. The minimum absolute atomic E-state index is 0.0770. The molecule has 0 spiro atoms. The highest BCUT2D eigenvalue weighted by atomic mass is 31.2. The van der Waals surface area contributed by atoms with Crippen LogP contribution < -0.4 is 0 Å². The number of phosphoric acid groups is 2. The molecule has 0 aliphatic carbocycles. The molecular formula is C81H144O17P2. The van der Waals surface area contributed by atoms with Crippen LogP contribution >= 0.6 is 15.6 Å². The summed E-state index contributed by atoms with van der Waals surface area (Å²) in [7, 11) is -9.95. The van der Waals surface area contributed by atoms with E-state index in [1.807, 2.05) is 0 Å². The van der Waals surface area contributed by atoms with Crippen molar-refractivity contribution in [1.29, 1.82) is 0 Å². The molecule has 5 atom stereocenters. The quantitative estimate of drug-likeness (QED) is 0.0169. The van der Waals surface area contributed by atoms with Gasteiger partial charge in [0.25, 0.3) is 0 Å². The first-order valence-electron chi connectivity index (χ1n) is 39.8. The van der Waals surface area contributed by atoms with Gasteiger partial charge in [0.05, 0.1) is 26.4 Å². The van der Waals surface area contributed by atoms with Gasteiger partial charge in [0.2, 0.25) is 0 Å². The molecule has 0 aliphatic rings. The standard InChI is InChI=1S/C81H144O17P2/c1-5-9-13-17-21-25-29-33-35-36-37-38-40-43-46-50-54-58-62-66-79(84)92-72-77(98-81(86)68-64-60-56-52-48-44-39-34-30-26-22-18-14-10-6-2)74-96-100(89,90)94-70-75(82)69-93-99(87,88)95-73-76(97-80(85)67-63-59-55-51-47-42-32-28-24-20-16-12-8-4)71-91-78(83)65-61-57-53-49-45-41-31-27-23-19-15-11-7-3/h15-16,19-21,25,27-28,31-33,35,37-38,75-77,82H,5-14,17-18,22-24,26,29-30,34,36,39-74H2,1-4H3,(H,87,88)(H,89,90)/b19-15-,20-16-,25-21-,31-27-,32-28-,35-33-,38-37-. The van der Waals surface area contributed by atoms with Crippen molar-refractivity contribution >= 4 is 39.5 Å². The van der Waals surface area contributed by atoms with Crippen molar-refractivity contribution in [2.45, 2.75) is 367 Å². The van der Waals surface area contributed by atoms with E-state index in [2.05, 4.69) is 113 Å². The van der Waals surface area contributed by atoms with Crippen LogP contribution in [0.2, 0.25) is 0 Å². The van der Waals surface area contributed by atoms with Crippen molar-refractivity contribution in [2.24, 2.45) is 0 Å². The molecule has 0 bridgehead atoms. The van der Waals surface area contributed by atoms with Gasteiger partial charge in [0.15, 0.2) is 12.2 Å². The highest BCUT2D eigenvalue weighted by Gasteiger charge is 2.30. The summed E-state index contributed by atoms with van der Waals surface area (Å²) in [6.45, 7) is 4.72. The summed E-state index contributed by atoms with van der Waals surface area (Å²) in [6.07, 6.45) is 75.6. The number of carbonyl (C=O) groups is 4. The molecule has 19 heteroatoms. The third-order valence-corrected chi connectivity index (χ3v) is 18.7. The number of phosphoric ester groups is 2. The summed E-state index contributed by atoms with van der Waals surface area (Å²) in [5, 5.41) is 10.6. The van der Waals surface area contributed by atoms with Gasteiger partial charge < -0.3 is 33.8 Å². The van der Waals surface area contributed by atoms with Gasteiger partial charge in [-0.25, -0.2) is 9.13 Å². The van der Waals surface area contributed by atoms with E-state index in [0.717, 1.165) is 186 Å². The largest absolute Gasteiger partial charge is 0.472 e. The number of aliphatic hydroxyl groups excluding tert-OH is 1. The Morgan fingerprint density at radius 3 is 0.810 bits per heavy atom. The Hall–Kier alpha value is -3.76.